The van der Waals surface area contributed by atoms with E-state index >= 15 is 0 Å². The maximum absolute atomic E-state index is 12.2. The monoisotopic (exact) mass is 304 g/mol. The number of benzene rings is 1. The van der Waals surface area contributed by atoms with Crippen molar-refractivity contribution in [3.8, 4) is 0 Å². The number of hydrogen-bond donors (Lipinski definition) is 2. The molecule has 1 amide bonds. The first-order valence-corrected chi connectivity index (χ1v) is 8.91. The zero-order valence-electron chi connectivity index (χ0n) is 12.6. The number of amides is 1. The van der Waals surface area contributed by atoms with E-state index in [1.165, 1.54) is 30.6 Å². The summed E-state index contributed by atoms with van der Waals surface area (Å²) in [4.78, 5) is 13.5. The summed E-state index contributed by atoms with van der Waals surface area (Å²) < 4.78 is 0. The van der Waals surface area contributed by atoms with E-state index in [9.17, 15) is 4.79 Å². The van der Waals surface area contributed by atoms with Gasteiger partial charge >= 0.3 is 0 Å². The van der Waals surface area contributed by atoms with Crippen LogP contribution in [0.1, 0.15) is 39.0 Å². The molecule has 114 valence electrons. The molecule has 21 heavy (non-hydrogen) atoms. The van der Waals surface area contributed by atoms with Crippen molar-refractivity contribution in [3.05, 3.63) is 24.3 Å². The topological polar surface area (TPSA) is 41.1 Å². The second-order valence-electron chi connectivity index (χ2n) is 6.18. The summed E-state index contributed by atoms with van der Waals surface area (Å²) in [6.45, 7) is 3.02. The number of carbonyl (C=O) groups is 1. The van der Waals surface area contributed by atoms with Crippen LogP contribution in [0.25, 0.3) is 0 Å². The Kier molecular flexibility index (Phi) is 4.86. The fourth-order valence-electron chi connectivity index (χ4n) is 3.27. The number of nitrogens with one attached hydrogen (secondary N) is 2. The molecule has 1 aliphatic heterocycles. The Bertz CT molecular complexity index is 482. The van der Waals surface area contributed by atoms with E-state index in [1.54, 1.807) is 0 Å². The molecule has 0 radical (unpaired) electrons. The molecule has 3 nitrogen and oxygen atoms in total. The van der Waals surface area contributed by atoms with Crippen LogP contribution in [0.3, 0.4) is 0 Å². The molecule has 2 N–H and O–H groups in total. The molecule has 1 aromatic rings. The highest BCUT2D eigenvalue weighted by Gasteiger charge is 2.29. The Balaban J connectivity index is 1.55. The van der Waals surface area contributed by atoms with Crippen molar-refractivity contribution in [3.63, 3.8) is 0 Å². The van der Waals surface area contributed by atoms with Crippen molar-refractivity contribution in [1.82, 2.24) is 5.32 Å². The molecule has 1 aromatic carbocycles. The molecule has 3 rings (SSSR count). The lowest BCUT2D eigenvalue weighted by molar-refractivity contribution is -0.119. The number of thioether (sulfide) groups is 1. The summed E-state index contributed by atoms with van der Waals surface area (Å²) in [7, 11) is 0. The minimum atomic E-state index is 0.0949. The van der Waals surface area contributed by atoms with E-state index < -0.39 is 0 Å². The first kappa shape index (κ1) is 14.9. The van der Waals surface area contributed by atoms with Crippen LogP contribution in [0.15, 0.2) is 29.2 Å². The van der Waals surface area contributed by atoms with Crippen LogP contribution in [0.4, 0.5) is 5.69 Å². The molecule has 1 saturated heterocycles. The predicted octanol–water partition coefficient (Wildman–Crippen LogP) is 3.66. The molecule has 2 unspecified atom stereocenters. The summed E-state index contributed by atoms with van der Waals surface area (Å²) in [6.07, 6.45) is 6.37. The third-order valence-electron chi connectivity index (χ3n) is 4.59. The smallest absolute Gasteiger partial charge is 0.229 e. The van der Waals surface area contributed by atoms with Crippen molar-refractivity contribution < 1.29 is 4.79 Å². The summed E-state index contributed by atoms with van der Waals surface area (Å²) in [6, 6.07) is 8.61. The van der Waals surface area contributed by atoms with Crippen LogP contribution >= 0.6 is 11.8 Å². The van der Waals surface area contributed by atoms with Gasteiger partial charge in [-0.2, -0.15) is 0 Å². The Morgan fingerprint density at radius 2 is 1.90 bits per heavy atom. The standard InChI is InChI=1S/C17H24N2OS/c1-12-16(10-11-18-12)17(20)19-13-6-8-15(9-7-13)21-14-4-2-3-5-14/h6-9,12,14,16,18H,2-5,10-11H2,1H3,(H,19,20). The van der Waals surface area contributed by atoms with Gasteiger partial charge in [0.1, 0.15) is 0 Å². The molecule has 0 aromatic heterocycles. The largest absolute Gasteiger partial charge is 0.326 e. The predicted molar refractivity (Wildman–Crippen MR) is 88.8 cm³/mol. The van der Waals surface area contributed by atoms with Gasteiger partial charge in [0.2, 0.25) is 5.91 Å². The Morgan fingerprint density at radius 1 is 1.19 bits per heavy atom. The minimum absolute atomic E-state index is 0.0949. The van der Waals surface area contributed by atoms with Gasteiger partial charge in [-0.15, -0.1) is 11.8 Å². The molecule has 1 aliphatic carbocycles. The number of hydrogen-bond acceptors (Lipinski definition) is 3. The Morgan fingerprint density at radius 3 is 2.52 bits per heavy atom. The molecule has 2 fully saturated rings. The van der Waals surface area contributed by atoms with Crippen molar-refractivity contribution in [1.29, 1.82) is 0 Å². The molecule has 4 heteroatoms. The summed E-state index contributed by atoms with van der Waals surface area (Å²) in [5.41, 5.74) is 0.912. The number of carbonyl (C=O) groups excluding carboxylic acids is 1. The molecule has 2 atom stereocenters. The maximum Gasteiger partial charge on any atom is 0.229 e. The van der Waals surface area contributed by atoms with E-state index in [0.29, 0.717) is 0 Å². The molecule has 1 heterocycles. The van der Waals surface area contributed by atoms with Crippen molar-refractivity contribution in [2.75, 3.05) is 11.9 Å². The van der Waals surface area contributed by atoms with Crippen LogP contribution in [0.2, 0.25) is 0 Å². The van der Waals surface area contributed by atoms with Crippen LogP contribution < -0.4 is 10.6 Å². The van der Waals surface area contributed by atoms with E-state index in [4.69, 9.17) is 0 Å². The van der Waals surface area contributed by atoms with Gasteiger partial charge in [0, 0.05) is 21.9 Å². The average Bonchev–Trinajstić information content (AvgIpc) is 3.12. The Hall–Kier alpha value is -1.00. The van der Waals surface area contributed by atoms with Gasteiger partial charge in [-0.1, -0.05) is 12.8 Å². The summed E-state index contributed by atoms with van der Waals surface area (Å²) >= 11 is 1.98. The third kappa shape index (κ3) is 3.80. The SMILES string of the molecule is CC1NCCC1C(=O)Nc1ccc(SC2CCCC2)cc1. The minimum Gasteiger partial charge on any atom is -0.326 e. The molecular weight excluding hydrogens is 280 g/mol. The van der Waals surface area contributed by atoms with Gasteiger partial charge in [-0.3, -0.25) is 4.79 Å². The van der Waals surface area contributed by atoms with E-state index in [1.807, 2.05) is 23.9 Å². The summed E-state index contributed by atoms with van der Waals surface area (Å²) in [5.74, 6) is 0.237. The van der Waals surface area contributed by atoms with Crippen LogP contribution in [-0.4, -0.2) is 23.7 Å². The van der Waals surface area contributed by atoms with Crippen molar-refractivity contribution in [2.24, 2.45) is 5.92 Å². The first-order valence-electron chi connectivity index (χ1n) is 8.03. The van der Waals surface area contributed by atoms with Gasteiger partial charge in [0.05, 0.1) is 5.92 Å². The lowest BCUT2D eigenvalue weighted by Crippen LogP contribution is -2.32. The average molecular weight is 304 g/mol. The van der Waals surface area contributed by atoms with Crippen molar-refractivity contribution >= 4 is 23.4 Å². The van der Waals surface area contributed by atoms with E-state index in [0.717, 1.165) is 23.9 Å². The van der Waals surface area contributed by atoms with Crippen molar-refractivity contribution in [2.45, 2.75) is 55.2 Å². The zero-order chi connectivity index (χ0) is 14.7. The fraction of sp³-hybridized carbons (Fsp3) is 0.588. The van der Waals surface area contributed by atoms with Gasteiger partial charge in [-0.25, -0.2) is 0 Å². The second-order valence-corrected chi connectivity index (χ2v) is 7.55. The normalized spacial score (nSPS) is 26.1. The fourth-order valence-corrected chi connectivity index (χ4v) is 4.51. The lowest BCUT2D eigenvalue weighted by atomic mass is 10.0. The lowest BCUT2D eigenvalue weighted by Gasteiger charge is -2.15. The molecule has 1 saturated carbocycles. The molecule has 2 aliphatic rings. The quantitative estimate of drug-likeness (QED) is 0.892. The van der Waals surface area contributed by atoms with E-state index in [2.05, 4.69) is 29.7 Å². The summed E-state index contributed by atoms with van der Waals surface area (Å²) in [5, 5.41) is 7.16. The third-order valence-corrected chi connectivity index (χ3v) is 5.94. The van der Waals surface area contributed by atoms with Crippen LogP contribution in [-0.2, 0) is 4.79 Å². The highest BCUT2D eigenvalue weighted by Crippen LogP contribution is 2.35. The van der Waals surface area contributed by atoms with Gasteiger partial charge in [0.25, 0.3) is 0 Å². The first-order chi connectivity index (χ1) is 10.2. The number of rotatable bonds is 4. The number of anilines is 1. The molecule has 0 spiro atoms. The highest BCUT2D eigenvalue weighted by atomic mass is 32.2. The van der Waals surface area contributed by atoms with Crippen LogP contribution in [0, 0.1) is 5.92 Å². The molecular formula is C17H24N2OS. The van der Waals surface area contributed by atoms with Crippen LogP contribution in [0.5, 0.6) is 0 Å². The van der Waals surface area contributed by atoms with E-state index in [-0.39, 0.29) is 17.9 Å². The molecule has 0 bridgehead atoms. The second kappa shape index (κ2) is 6.84. The van der Waals surface area contributed by atoms with Gasteiger partial charge in [0.15, 0.2) is 0 Å². The zero-order valence-corrected chi connectivity index (χ0v) is 13.4. The Labute approximate surface area is 131 Å². The maximum atomic E-state index is 12.2. The highest BCUT2D eigenvalue weighted by molar-refractivity contribution is 8.00. The van der Waals surface area contributed by atoms with Gasteiger partial charge in [-0.05, 0) is 57.0 Å². The van der Waals surface area contributed by atoms with Gasteiger partial charge < -0.3 is 10.6 Å².